The highest BCUT2D eigenvalue weighted by molar-refractivity contribution is 6.03. The fraction of sp³-hybridized carbons (Fsp3) is 0.185. The Kier molecular flexibility index (Phi) is 5.47. The van der Waals surface area contributed by atoms with Crippen LogP contribution in [0.5, 0.6) is 0 Å². The molecule has 2 aromatic carbocycles. The third-order valence-corrected chi connectivity index (χ3v) is 5.46. The minimum atomic E-state index is -0.160. The van der Waals surface area contributed by atoms with Crippen LogP contribution in [0.25, 0.3) is 23.0 Å². The van der Waals surface area contributed by atoms with Gasteiger partial charge in [-0.1, -0.05) is 47.5 Å². The molecular weight excluding hydrogens is 382 g/mol. The van der Waals surface area contributed by atoms with Crippen LogP contribution in [0.2, 0.25) is 0 Å². The van der Waals surface area contributed by atoms with E-state index in [9.17, 15) is 4.79 Å². The average molecular weight is 410 g/mol. The number of hydrogen-bond donors (Lipinski definition) is 1. The molecule has 0 saturated carbocycles. The van der Waals surface area contributed by atoms with E-state index < -0.39 is 0 Å². The molecule has 1 N–H and O–H groups in total. The van der Waals surface area contributed by atoms with E-state index in [1.165, 1.54) is 11.1 Å². The Balaban J connectivity index is 1.72. The molecule has 0 bridgehead atoms. The number of amides is 1. The number of pyridine rings is 1. The molecule has 0 unspecified atom stereocenters. The van der Waals surface area contributed by atoms with Gasteiger partial charge in [0, 0.05) is 23.5 Å². The molecule has 4 rings (SSSR count). The number of nitrogens with zero attached hydrogens (tertiary/aromatic N) is 2. The number of fused-ring (bicyclic) bond motifs is 1. The van der Waals surface area contributed by atoms with E-state index in [1.807, 2.05) is 42.7 Å². The summed E-state index contributed by atoms with van der Waals surface area (Å²) in [7, 11) is 0. The van der Waals surface area contributed by atoms with Gasteiger partial charge in [0.25, 0.3) is 0 Å². The van der Waals surface area contributed by atoms with Gasteiger partial charge in [0.2, 0.25) is 5.91 Å². The van der Waals surface area contributed by atoms with E-state index in [1.54, 1.807) is 6.08 Å². The second-order valence-corrected chi connectivity index (χ2v) is 8.24. The number of hydrogen-bond acceptors (Lipinski definition) is 2. The van der Waals surface area contributed by atoms with Crippen LogP contribution in [-0.4, -0.2) is 15.3 Å². The summed E-state index contributed by atoms with van der Waals surface area (Å²) in [6, 6.07) is 16.5. The Hall–Kier alpha value is -3.66. The van der Waals surface area contributed by atoms with E-state index in [0.717, 1.165) is 45.0 Å². The molecule has 4 nitrogen and oxygen atoms in total. The van der Waals surface area contributed by atoms with Crippen LogP contribution in [0.1, 0.15) is 33.5 Å². The molecule has 2 aromatic heterocycles. The molecule has 1 amide bonds. The van der Waals surface area contributed by atoms with E-state index in [4.69, 9.17) is 4.98 Å². The summed E-state index contributed by atoms with van der Waals surface area (Å²) in [5.41, 5.74) is 10.1. The molecule has 0 saturated heterocycles. The maximum absolute atomic E-state index is 12.8. The summed E-state index contributed by atoms with van der Waals surface area (Å²) >= 11 is 0. The van der Waals surface area contributed by atoms with Crippen molar-refractivity contribution in [1.29, 1.82) is 0 Å². The predicted octanol–water partition coefficient (Wildman–Crippen LogP) is 6.20. The summed E-state index contributed by atoms with van der Waals surface area (Å²) < 4.78 is 2.02. The van der Waals surface area contributed by atoms with Gasteiger partial charge >= 0.3 is 0 Å². The summed E-state index contributed by atoms with van der Waals surface area (Å²) in [6.07, 6.45) is 5.43. The molecule has 0 radical (unpaired) electrons. The SMILES string of the molecule is Cc1ccc(-c2nc3cc(C)ccn3c2/C=C/C(=O)Nc2c(C)cc(C)cc2C)cc1. The molecule has 2 heterocycles. The predicted molar refractivity (Wildman–Crippen MR) is 128 cm³/mol. The molecule has 156 valence electrons. The van der Waals surface area contributed by atoms with Crippen molar-refractivity contribution in [2.45, 2.75) is 34.6 Å². The number of anilines is 1. The van der Waals surface area contributed by atoms with Crippen molar-refractivity contribution in [2.24, 2.45) is 0 Å². The van der Waals surface area contributed by atoms with Gasteiger partial charge in [0.05, 0.1) is 11.4 Å². The first-order valence-electron chi connectivity index (χ1n) is 10.4. The van der Waals surface area contributed by atoms with Crippen LogP contribution in [0, 0.1) is 34.6 Å². The lowest BCUT2D eigenvalue weighted by Gasteiger charge is -2.11. The van der Waals surface area contributed by atoms with Gasteiger partial charge in [-0.3, -0.25) is 9.20 Å². The van der Waals surface area contributed by atoms with Crippen LogP contribution < -0.4 is 5.32 Å². The first-order chi connectivity index (χ1) is 14.8. The van der Waals surface area contributed by atoms with Gasteiger partial charge in [-0.25, -0.2) is 4.98 Å². The minimum Gasteiger partial charge on any atom is -0.322 e. The maximum Gasteiger partial charge on any atom is 0.248 e. The second-order valence-electron chi connectivity index (χ2n) is 8.24. The number of rotatable bonds is 4. The van der Waals surface area contributed by atoms with Crippen LogP contribution in [0.3, 0.4) is 0 Å². The van der Waals surface area contributed by atoms with Crippen molar-refractivity contribution in [3.05, 3.63) is 94.3 Å². The van der Waals surface area contributed by atoms with Gasteiger partial charge in [0.1, 0.15) is 5.65 Å². The number of benzene rings is 2. The Morgan fingerprint density at radius 1 is 0.871 bits per heavy atom. The second kappa shape index (κ2) is 8.23. The number of nitrogens with one attached hydrogen (secondary N) is 1. The number of aryl methyl sites for hydroxylation is 5. The van der Waals surface area contributed by atoms with Crippen molar-refractivity contribution >= 4 is 23.3 Å². The zero-order valence-corrected chi connectivity index (χ0v) is 18.7. The Morgan fingerprint density at radius 2 is 1.55 bits per heavy atom. The smallest absolute Gasteiger partial charge is 0.248 e. The third-order valence-electron chi connectivity index (χ3n) is 5.46. The topological polar surface area (TPSA) is 46.4 Å². The lowest BCUT2D eigenvalue weighted by Crippen LogP contribution is -2.10. The summed E-state index contributed by atoms with van der Waals surface area (Å²) in [5.74, 6) is -0.160. The Bertz CT molecular complexity index is 1290. The zero-order valence-electron chi connectivity index (χ0n) is 18.7. The molecule has 31 heavy (non-hydrogen) atoms. The van der Waals surface area contributed by atoms with Gasteiger partial charge in [0.15, 0.2) is 0 Å². The maximum atomic E-state index is 12.8. The summed E-state index contributed by atoms with van der Waals surface area (Å²) in [4.78, 5) is 17.6. The Labute approximate surface area is 183 Å². The molecule has 0 fully saturated rings. The lowest BCUT2D eigenvalue weighted by molar-refractivity contribution is -0.111. The molecule has 4 aromatic rings. The lowest BCUT2D eigenvalue weighted by atomic mass is 10.1. The van der Waals surface area contributed by atoms with Crippen molar-refractivity contribution in [3.63, 3.8) is 0 Å². The van der Waals surface area contributed by atoms with E-state index >= 15 is 0 Å². The Morgan fingerprint density at radius 3 is 2.23 bits per heavy atom. The normalized spacial score (nSPS) is 11.4. The minimum absolute atomic E-state index is 0.160. The van der Waals surface area contributed by atoms with Crippen LogP contribution in [0.4, 0.5) is 5.69 Å². The fourth-order valence-corrected chi connectivity index (χ4v) is 3.95. The van der Waals surface area contributed by atoms with E-state index in [-0.39, 0.29) is 5.91 Å². The number of imidazole rings is 1. The molecule has 0 aliphatic carbocycles. The number of carbonyl (C=O) groups is 1. The largest absolute Gasteiger partial charge is 0.322 e. The first-order valence-corrected chi connectivity index (χ1v) is 10.4. The van der Waals surface area contributed by atoms with E-state index in [2.05, 4.69) is 62.5 Å². The zero-order chi connectivity index (χ0) is 22.1. The fourth-order valence-electron chi connectivity index (χ4n) is 3.95. The highest BCUT2D eigenvalue weighted by atomic mass is 16.1. The third kappa shape index (κ3) is 4.29. The van der Waals surface area contributed by atoms with Gasteiger partial charge in [-0.05, 0) is 69.5 Å². The number of carbonyl (C=O) groups excluding carboxylic acids is 1. The van der Waals surface area contributed by atoms with Crippen molar-refractivity contribution in [3.8, 4) is 11.3 Å². The van der Waals surface area contributed by atoms with Crippen LogP contribution in [0.15, 0.2) is 60.8 Å². The highest BCUT2D eigenvalue weighted by Gasteiger charge is 2.13. The van der Waals surface area contributed by atoms with Gasteiger partial charge < -0.3 is 5.32 Å². The summed E-state index contributed by atoms with van der Waals surface area (Å²) in [6.45, 7) is 10.2. The first kappa shape index (κ1) is 20.6. The van der Waals surface area contributed by atoms with Crippen molar-refractivity contribution in [1.82, 2.24) is 9.38 Å². The summed E-state index contributed by atoms with van der Waals surface area (Å²) in [5, 5.41) is 3.04. The quantitative estimate of drug-likeness (QED) is 0.408. The molecular formula is C27H27N3O. The van der Waals surface area contributed by atoms with Gasteiger partial charge in [-0.15, -0.1) is 0 Å². The molecule has 4 heteroatoms. The molecule has 0 aliphatic rings. The van der Waals surface area contributed by atoms with Crippen molar-refractivity contribution in [2.75, 3.05) is 5.32 Å². The number of aromatic nitrogens is 2. The average Bonchev–Trinajstić information content (AvgIpc) is 3.07. The van der Waals surface area contributed by atoms with Gasteiger partial charge in [-0.2, -0.15) is 0 Å². The monoisotopic (exact) mass is 409 g/mol. The van der Waals surface area contributed by atoms with Crippen LogP contribution >= 0.6 is 0 Å². The van der Waals surface area contributed by atoms with Crippen LogP contribution in [-0.2, 0) is 4.79 Å². The molecule has 0 atom stereocenters. The van der Waals surface area contributed by atoms with E-state index in [0.29, 0.717) is 0 Å². The molecule has 0 aliphatic heterocycles. The highest BCUT2D eigenvalue weighted by Crippen LogP contribution is 2.27. The van der Waals surface area contributed by atoms with Crippen molar-refractivity contribution < 1.29 is 4.79 Å². The molecule has 0 spiro atoms. The standard InChI is InChI=1S/C27H27N3O/c1-17-6-8-22(9-7-17)27-23(30-13-12-18(2)16-24(30)28-27)10-11-25(31)29-26-20(4)14-19(3)15-21(26)5/h6-16H,1-5H3,(H,29,31)/b11-10+.